The number of halogens is 4. The fourth-order valence-electron chi connectivity index (χ4n) is 2.70. The summed E-state index contributed by atoms with van der Waals surface area (Å²) < 4.78 is 47.5. The van der Waals surface area contributed by atoms with E-state index < -0.39 is 17.8 Å². The molecule has 9 heteroatoms. The normalized spacial score (nSPS) is 19.1. The molecule has 0 aliphatic heterocycles. The van der Waals surface area contributed by atoms with Crippen LogP contribution in [-0.2, 0) is 14.3 Å². The lowest BCUT2D eigenvalue weighted by Crippen LogP contribution is -2.49. The van der Waals surface area contributed by atoms with Crippen molar-refractivity contribution < 1.29 is 27.4 Å². The molecular weight excluding hydrogens is 488 g/mol. The van der Waals surface area contributed by atoms with E-state index in [0.717, 1.165) is 28.3 Å². The highest BCUT2D eigenvalue weighted by Gasteiger charge is 2.33. The Balaban J connectivity index is 2.02. The number of nitrogens with zero attached hydrogens (tertiary/aromatic N) is 1. The van der Waals surface area contributed by atoms with Crippen molar-refractivity contribution in [3.63, 3.8) is 0 Å². The molecule has 2 aliphatic rings. The van der Waals surface area contributed by atoms with Crippen LogP contribution in [0, 0.1) is 11.3 Å². The van der Waals surface area contributed by atoms with Gasteiger partial charge in [-0.3, -0.25) is 4.79 Å². The van der Waals surface area contributed by atoms with Gasteiger partial charge in [-0.15, -0.1) is 13.2 Å². The van der Waals surface area contributed by atoms with E-state index in [9.17, 15) is 18.0 Å². The van der Waals surface area contributed by atoms with Crippen LogP contribution in [0.2, 0.25) is 0 Å². The Morgan fingerprint density at radius 1 is 1.32 bits per heavy atom. The lowest BCUT2D eigenvalue weighted by atomic mass is 9.97. The smallest absolute Gasteiger partial charge is 0.494 e. The fourth-order valence-corrected chi connectivity index (χ4v) is 3.38. The molecule has 1 N–H and O–H groups in total. The summed E-state index contributed by atoms with van der Waals surface area (Å²) in [6, 6.07) is 2.05. The van der Waals surface area contributed by atoms with Crippen molar-refractivity contribution in [1.29, 1.82) is 5.26 Å². The number of nitriles is 1. The average Bonchev–Trinajstić information content (AvgIpc) is 2.60. The summed E-state index contributed by atoms with van der Waals surface area (Å²) in [5.74, 6) is 0.144. The van der Waals surface area contributed by atoms with Gasteiger partial charge in [-0.05, 0) is 54.5 Å². The second-order valence-corrected chi connectivity index (χ2v) is 7.89. The summed E-state index contributed by atoms with van der Waals surface area (Å²) in [4.78, 5) is 12.5. The molecule has 1 amide bonds. The molecule has 152 valence electrons. The van der Waals surface area contributed by atoms with E-state index in [0.29, 0.717) is 5.57 Å². The zero-order valence-corrected chi connectivity index (χ0v) is 17.4. The Hall–Kier alpha value is -1.96. The number of allylic oxidation sites excluding steroid dienone is 7. The predicted molar refractivity (Wildman–Crippen MR) is 105 cm³/mol. The predicted octanol–water partition coefficient (Wildman–Crippen LogP) is 4.93. The third kappa shape index (κ3) is 6.89. The number of carbonyl (C=O) groups is 1. The standard InChI is InChI=1S/C19H20F3IN2O3/c1-18(10-11-24,12-27-16-5-3-2-4-15(16)23)25-17(26)13-6-8-14(9-7-13)28-19(20,21)22/h2,4,6,8H,3,5,7,9-10,12H2,1H3,(H,25,26). The van der Waals surface area contributed by atoms with Gasteiger partial charge in [0.25, 0.3) is 0 Å². The number of hydrogen-bond donors (Lipinski definition) is 1. The largest absolute Gasteiger partial charge is 0.572 e. The van der Waals surface area contributed by atoms with Crippen molar-refractivity contribution in [3.8, 4) is 6.07 Å². The highest BCUT2D eigenvalue weighted by molar-refractivity contribution is 14.1. The van der Waals surface area contributed by atoms with Gasteiger partial charge in [0.2, 0.25) is 5.91 Å². The van der Waals surface area contributed by atoms with Gasteiger partial charge >= 0.3 is 6.36 Å². The third-order valence-corrected chi connectivity index (χ3v) is 5.13. The fraction of sp³-hybridized carbons (Fsp3) is 0.474. The SMILES string of the molecule is CC(CC#N)(COC1=C(I)C=CCC1)NC(=O)C1=CC=C(OC(F)(F)F)CC1. The Labute approximate surface area is 175 Å². The van der Waals surface area contributed by atoms with Crippen LogP contribution in [-0.4, -0.2) is 24.4 Å². The quantitative estimate of drug-likeness (QED) is 0.496. The van der Waals surface area contributed by atoms with Crippen LogP contribution in [0.15, 0.2) is 45.0 Å². The first-order valence-electron chi connectivity index (χ1n) is 8.65. The van der Waals surface area contributed by atoms with Crippen molar-refractivity contribution in [2.75, 3.05) is 6.61 Å². The summed E-state index contributed by atoms with van der Waals surface area (Å²) in [6.45, 7) is 1.82. The lowest BCUT2D eigenvalue weighted by molar-refractivity contribution is -0.306. The van der Waals surface area contributed by atoms with E-state index >= 15 is 0 Å². The lowest BCUT2D eigenvalue weighted by Gasteiger charge is -2.30. The third-order valence-electron chi connectivity index (χ3n) is 4.17. The molecule has 2 aliphatic carbocycles. The molecule has 0 spiro atoms. The highest BCUT2D eigenvalue weighted by atomic mass is 127. The van der Waals surface area contributed by atoms with Crippen molar-refractivity contribution in [2.45, 2.75) is 50.9 Å². The van der Waals surface area contributed by atoms with E-state index in [1.807, 2.05) is 18.2 Å². The van der Waals surface area contributed by atoms with Gasteiger partial charge in [-0.2, -0.15) is 5.26 Å². The van der Waals surface area contributed by atoms with E-state index in [-0.39, 0.29) is 31.6 Å². The number of carbonyl (C=O) groups excluding carboxylic acids is 1. The maximum absolute atomic E-state index is 12.5. The zero-order valence-electron chi connectivity index (χ0n) is 15.2. The van der Waals surface area contributed by atoms with Crippen LogP contribution < -0.4 is 5.32 Å². The number of ether oxygens (including phenoxy) is 2. The van der Waals surface area contributed by atoms with Gasteiger partial charge < -0.3 is 14.8 Å². The van der Waals surface area contributed by atoms with Gasteiger partial charge in [0.15, 0.2) is 0 Å². The molecule has 1 atom stereocenters. The minimum absolute atomic E-state index is 0.0261. The molecule has 0 fully saturated rings. The van der Waals surface area contributed by atoms with Crippen LogP contribution in [0.4, 0.5) is 13.2 Å². The Kier molecular flexibility index (Phi) is 7.57. The maximum atomic E-state index is 12.5. The van der Waals surface area contributed by atoms with E-state index in [4.69, 9.17) is 10.00 Å². The number of hydrogen-bond acceptors (Lipinski definition) is 4. The molecule has 0 saturated carbocycles. The van der Waals surface area contributed by atoms with Crippen LogP contribution in [0.25, 0.3) is 0 Å². The molecule has 0 bridgehead atoms. The number of amides is 1. The molecule has 0 aromatic carbocycles. The van der Waals surface area contributed by atoms with Crippen LogP contribution in [0.1, 0.15) is 39.0 Å². The Morgan fingerprint density at radius 3 is 2.64 bits per heavy atom. The second kappa shape index (κ2) is 9.49. The van der Waals surface area contributed by atoms with Crippen LogP contribution >= 0.6 is 22.6 Å². The molecule has 0 aromatic rings. The van der Waals surface area contributed by atoms with Crippen LogP contribution in [0.5, 0.6) is 0 Å². The number of alkyl halides is 3. The van der Waals surface area contributed by atoms with E-state index in [1.54, 1.807) is 6.92 Å². The minimum Gasteiger partial charge on any atom is -0.494 e. The topological polar surface area (TPSA) is 71.3 Å². The maximum Gasteiger partial charge on any atom is 0.572 e. The first-order chi connectivity index (χ1) is 13.1. The molecule has 0 heterocycles. The average molecular weight is 508 g/mol. The highest BCUT2D eigenvalue weighted by Crippen LogP contribution is 2.28. The number of rotatable bonds is 7. The summed E-state index contributed by atoms with van der Waals surface area (Å²) >= 11 is 2.17. The molecule has 2 rings (SSSR count). The van der Waals surface area contributed by atoms with Gasteiger partial charge in [0, 0.05) is 18.4 Å². The van der Waals surface area contributed by atoms with Crippen LogP contribution in [0.3, 0.4) is 0 Å². The molecule has 1 unspecified atom stereocenters. The molecular formula is C19H20F3IN2O3. The Bertz CT molecular complexity index is 778. The first-order valence-corrected chi connectivity index (χ1v) is 9.73. The van der Waals surface area contributed by atoms with Gasteiger partial charge in [-0.25, -0.2) is 0 Å². The number of nitrogens with one attached hydrogen (secondary N) is 1. The van der Waals surface area contributed by atoms with E-state index in [2.05, 4.69) is 32.6 Å². The first kappa shape index (κ1) is 22.3. The van der Waals surface area contributed by atoms with Gasteiger partial charge in [0.1, 0.15) is 18.1 Å². The molecule has 0 aromatic heterocycles. The summed E-state index contributed by atoms with van der Waals surface area (Å²) in [5.41, 5.74) is -0.599. The van der Waals surface area contributed by atoms with Crippen molar-refractivity contribution in [2.24, 2.45) is 0 Å². The monoisotopic (exact) mass is 508 g/mol. The molecule has 0 radical (unpaired) electrons. The van der Waals surface area contributed by atoms with Crippen molar-refractivity contribution in [3.05, 3.63) is 45.0 Å². The summed E-state index contributed by atoms with van der Waals surface area (Å²) in [5, 5.41) is 11.9. The van der Waals surface area contributed by atoms with Crippen molar-refractivity contribution in [1.82, 2.24) is 5.32 Å². The van der Waals surface area contributed by atoms with E-state index in [1.165, 1.54) is 6.08 Å². The summed E-state index contributed by atoms with van der Waals surface area (Å²) in [6.07, 6.45) is 3.45. The second-order valence-electron chi connectivity index (χ2n) is 6.72. The minimum atomic E-state index is -4.75. The molecule has 28 heavy (non-hydrogen) atoms. The zero-order chi connectivity index (χ0) is 20.8. The molecule has 0 saturated heterocycles. The van der Waals surface area contributed by atoms with Gasteiger partial charge in [0.05, 0.1) is 21.6 Å². The molecule has 5 nitrogen and oxygen atoms in total. The summed E-state index contributed by atoms with van der Waals surface area (Å²) in [7, 11) is 0. The van der Waals surface area contributed by atoms with Crippen molar-refractivity contribution >= 4 is 28.5 Å². The van der Waals surface area contributed by atoms with Gasteiger partial charge in [-0.1, -0.05) is 12.2 Å². The Morgan fingerprint density at radius 2 is 2.07 bits per heavy atom.